The number of aliphatic carboxylic acids is 1. The van der Waals surface area contributed by atoms with Gasteiger partial charge in [0.1, 0.15) is 26.9 Å². The molecule has 0 fully saturated rings. The summed E-state index contributed by atoms with van der Waals surface area (Å²) in [6.07, 6.45) is 3.17. The summed E-state index contributed by atoms with van der Waals surface area (Å²) < 4.78 is 25.7. The molecule has 0 radical (unpaired) electrons. The zero-order valence-electron chi connectivity index (χ0n) is 22.2. The van der Waals surface area contributed by atoms with Crippen LogP contribution in [0, 0.1) is 12.7 Å². The van der Waals surface area contributed by atoms with Crippen molar-refractivity contribution < 1.29 is 28.9 Å². The number of rotatable bonds is 9. The number of carbonyl (C=O) groups is 1. The van der Waals surface area contributed by atoms with E-state index < -0.39 is 28.6 Å². The number of halogens is 1. The molecule has 1 aromatic carbocycles. The highest BCUT2D eigenvalue weighted by Gasteiger charge is 2.35. The highest BCUT2D eigenvalue weighted by Crippen LogP contribution is 2.31. The van der Waals surface area contributed by atoms with Gasteiger partial charge in [-0.15, -0.1) is 4.80 Å². The van der Waals surface area contributed by atoms with Crippen molar-refractivity contribution in [3.8, 4) is 10.8 Å². The molecule has 0 unspecified atom stereocenters. The van der Waals surface area contributed by atoms with Gasteiger partial charge in [-0.2, -0.15) is 10.2 Å². The van der Waals surface area contributed by atoms with E-state index >= 15 is 0 Å². The highest BCUT2D eigenvalue weighted by molar-refractivity contribution is 7.21. The summed E-state index contributed by atoms with van der Waals surface area (Å²) in [4.78, 5) is 40.6. The number of carboxylic acids is 1. The van der Waals surface area contributed by atoms with Crippen LogP contribution in [0.1, 0.15) is 25.0 Å². The number of fused-ring (bicyclic) bond motifs is 1. The number of nitrogens with zero attached hydrogens (tertiary/aromatic N) is 5. The number of carboxylic acid groups (broad SMARTS) is 1. The van der Waals surface area contributed by atoms with Gasteiger partial charge in [0, 0.05) is 19.2 Å². The Hall–Kier alpha value is -3.88. The fraction of sp³-hybridized carbons (Fsp3) is 0.400. The van der Waals surface area contributed by atoms with E-state index in [0.717, 1.165) is 15.9 Å². The minimum atomic E-state index is -1.81. The lowest BCUT2D eigenvalue weighted by Crippen LogP contribution is -2.52. The second kappa shape index (κ2) is 12.3. The van der Waals surface area contributed by atoms with Crippen molar-refractivity contribution >= 4 is 27.5 Å². The van der Waals surface area contributed by atoms with Gasteiger partial charge in [0.25, 0.3) is 5.56 Å². The molecule has 0 saturated heterocycles. The summed E-state index contributed by atoms with van der Waals surface area (Å²) in [5.41, 5.74) is -2.24. The molecule has 0 saturated carbocycles. The monoisotopic (exact) mass is 563 g/mol. The van der Waals surface area contributed by atoms with E-state index in [1.807, 2.05) is 0 Å². The Kier molecular flexibility index (Phi) is 9.37. The van der Waals surface area contributed by atoms with E-state index in [1.165, 1.54) is 60.9 Å². The molecular weight excluding hydrogens is 533 g/mol. The van der Waals surface area contributed by atoms with Crippen LogP contribution >= 0.6 is 11.3 Å². The number of ether oxygens (including phenoxy) is 2. The number of aliphatic hydroxyl groups excluding tert-OH is 1. The summed E-state index contributed by atoms with van der Waals surface area (Å²) in [5.74, 6) is -1.33. The van der Waals surface area contributed by atoms with E-state index in [2.05, 4.69) is 14.9 Å². The van der Waals surface area contributed by atoms with Crippen molar-refractivity contribution in [3.05, 3.63) is 68.4 Å². The van der Waals surface area contributed by atoms with Crippen LogP contribution in [-0.2, 0) is 28.0 Å². The molecule has 0 aliphatic rings. The van der Waals surface area contributed by atoms with E-state index in [9.17, 15) is 23.9 Å². The maximum atomic E-state index is 13.9. The molecule has 0 aliphatic heterocycles. The Morgan fingerprint density at radius 3 is 2.38 bits per heavy atom. The predicted octanol–water partition coefficient (Wildman–Crippen LogP) is 1.95. The zero-order chi connectivity index (χ0) is 28.9. The van der Waals surface area contributed by atoms with Crippen molar-refractivity contribution in [1.29, 1.82) is 0 Å². The fourth-order valence-electron chi connectivity index (χ4n) is 3.90. The third kappa shape index (κ3) is 5.92. The number of methoxy groups -OCH3 is 2. The van der Waals surface area contributed by atoms with Crippen LogP contribution in [0.15, 0.2) is 40.2 Å². The molecule has 0 bridgehead atoms. The molecule has 0 amide bonds. The summed E-state index contributed by atoms with van der Waals surface area (Å²) >= 11 is 1.15. The van der Waals surface area contributed by atoms with Crippen LogP contribution in [-0.4, -0.2) is 67.7 Å². The zero-order valence-corrected chi connectivity index (χ0v) is 23.0. The minimum absolute atomic E-state index is 0.0526. The van der Waals surface area contributed by atoms with Gasteiger partial charge in [-0.05, 0) is 51.0 Å². The summed E-state index contributed by atoms with van der Waals surface area (Å²) in [7, 11) is 3.01. The Balaban J connectivity index is 0.000000771. The van der Waals surface area contributed by atoms with Gasteiger partial charge in [0.15, 0.2) is 0 Å². The van der Waals surface area contributed by atoms with Gasteiger partial charge in [0.2, 0.25) is 0 Å². The van der Waals surface area contributed by atoms with Gasteiger partial charge in [-0.1, -0.05) is 11.3 Å². The number of aryl methyl sites for hydroxylation is 3. The maximum absolute atomic E-state index is 13.9. The molecular formula is C25H30FN5O7S. The first-order valence-corrected chi connectivity index (χ1v) is 12.6. The molecule has 3 heterocycles. The number of thiophene rings is 1. The van der Waals surface area contributed by atoms with E-state index in [-0.39, 0.29) is 25.0 Å². The molecule has 14 heteroatoms. The van der Waals surface area contributed by atoms with Crippen molar-refractivity contribution in [2.24, 2.45) is 0 Å². The number of benzene rings is 1. The molecule has 4 rings (SSSR count). The topological polar surface area (TPSA) is 151 Å². The van der Waals surface area contributed by atoms with Gasteiger partial charge < -0.3 is 19.7 Å². The minimum Gasteiger partial charge on any atom is -0.496 e. The average molecular weight is 564 g/mol. The van der Waals surface area contributed by atoms with Crippen molar-refractivity contribution in [2.75, 3.05) is 27.4 Å². The van der Waals surface area contributed by atoms with Gasteiger partial charge >= 0.3 is 11.7 Å². The Morgan fingerprint density at radius 2 is 1.85 bits per heavy atom. The van der Waals surface area contributed by atoms with E-state index in [1.54, 1.807) is 14.0 Å². The standard InChI is InChI=1S/C22H22FN5O5S.C3H8O2/c1-12-16-17(29)27(22(2,3)20(30)31)21(32)26(19(16)34-18(12)28-24-8-9-25-28)10-7-13-11-14(23)5-6-15(13)33-4;1-5-3-2-4/h5-6,8-9,11H,7,10H2,1-4H3,(H,30,31);4H,2-3H2,1H3. The normalized spacial score (nSPS) is 11.4. The van der Waals surface area contributed by atoms with Crippen LogP contribution < -0.4 is 16.0 Å². The Bertz CT molecular complexity index is 1570. The van der Waals surface area contributed by atoms with E-state index in [4.69, 9.17) is 9.84 Å². The summed E-state index contributed by atoms with van der Waals surface area (Å²) in [6.45, 7) is 4.90. The van der Waals surface area contributed by atoms with Gasteiger partial charge in [-0.3, -0.25) is 9.36 Å². The number of aromatic nitrogens is 5. The number of hydrogen-bond donors (Lipinski definition) is 2. The van der Waals surface area contributed by atoms with Crippen LogP contribution in [0.2, 0.25) is 0 Å². The molecule has 0 atom stereocenters. The molecule has 210 valence electrons. The Morgan fingerprint density at radius 1 is 1.18 bits per heavy atom. The molecule has 0 aliphatic carbocycles. The molecule has 2 N–H and O–H groups in total. The first-order valence-electron chi connectivity index (χ1n) is 11.8. The second-order valence-corrected chi connectivity index (χ2v) is 9.87. The third-order valence-electron chi connectivity index (χ3n) is 6.01. The maximum Gasteiger partial charge on any atom is 0.333 e. The highest BCUT2D eigenvalue weighted by atomic mass is 32.1. The molecule has 3 aromatic heterocycles. The smallest absolute Gasteiger partial charge is 0.333 e. The van der Waals surface area contributed by atoms with Gasteiger partial charge in [-0.25, -0.2) is 18.5 Å². The fourth-order valence-corrected chi connectivity index (χ4v) is 5.13. The SMILES string of the molecule is COCCO.COc1ccc(F)cc1CCn1c(=O)n(C(C)(C)C(=O)O)c(=O)c2c(C)c(-n3nccn3)sc21. The third-order valence-corrected chi connectivity index (χ3v) is 7.29. The molecule has 39 heavy (non-hydrogen) atoms. The lowest BCUT2D eigenvalue weighted by molar-refractivity contribution is -0.146. The van der Waals surface area contributed by atoms with Crippen LogP contribution in [0.3, 0.4) is 0 Å². The van der Waals surface area contributed by atoms with Crippen LogP contribution in [0.4, 0.5) is 4.39 Å². The molecule has 0 spiro atoms. The Labute approximate surface area is 226 Å². The first kappa shape index (κ1) is 29.7. The van der Waals surface area contributed by atoms with Crippen molar-refractivity contribution in [1.82, 2.24) is 24.1 Å². The van der Waals surface area contributed by atoms with Crippen LogP contribution in [0.25, 0.3) is 15.2 Å². The van der Waals surface area contributed by atoms with Crippen LogP contribution in [0.5, 0.6) is 5.75 Å². The largest absolute Gasteiger partial charge is 0.496 e. The summed E-state index contributed by atoms with van der Waals surface area (Å²) in [5, 5.41) is 26.7. The van der Waals surface area contributed by atoms with Crippen molar-refractivity contribution in [2.45, 2.75) is 39.3 Å². The van der Waals surface area contributed by atoms with E-state index in [0.29, 0.717) is 33.3 Å². The number of aliphatic hydroxyl groups is 1. The molecule has 12 nitrogen and oxygen atoms in total. The quantitative estimate of drug-likeness (QED) is 0.311. The molecule has 4 aromatic rings. The number of hydrogen-bond acceptors (Lipinski definition) is 9. The first-order chi connectivity index (χ1) is 18.5. The predicted molar refractivity (Wildman–Crippen MR) is 143 cm³/mol. The summed E-state index contributed by atoms with van der Waals surface area (Å²) in [6, 6.07) is 4.08. The van der Waals surface area contributed by atoms with Gasteiger partial charge in [0.05, 0.1) is 38.1 Å². The average Bonchev–Trinajstić information content (AvgIpc) is 3.53. The lowest BCUT2D eigenvalue weighted by Gasteiger charge is -2.23. The van der Waals surface area contributed by atoms with Crippen molar-refractivity contribution in [3.63, 3.8) is 0 Å². The lowest BCUT2D eigenvalue weighted by atomic mass is 10.1. The second-order valence-electron chi connectivity index (χ2n) is 8.89.